The minimum atomic E-state index is -0.577. The fourth-order valence-electron chi connectivity index (χ4n) is 5.33. The predicted molar refractivity (Wildman–Crippen MR) is 105 cm³/mol. The Morgan fingerprint density at radius 1 is 0.759 bits per heavy atom. The van der Waals surface area contributed by atoms with Crippen LogP contribution in [-0.4, -0.2) is 36.4 Å². The predicted octanol–water partition coefficient (Wildman–Crippen LogP) is 3.88. The Bertz CT molecular complexity index is 823. The summed E-state index contributed by atoms with van der Waals surface area (Å²) in [5, 5.41) is 0. The first-order valence-electron chi connectivity index (χ1n) is 10.3. The van der Waals surface area contributed by atoms with Gasteiger partial charge in [0.1, 0.15) is 12.2 Å². The lowest BCUT2D eigenvalue weighted by atomic mass is 9.78. The average Bonchev–Trinajstić information content (AvgIpc) is 3.39. The van der Waals surface area contributed by atoms with Gasteiger partial charge in [0, 0.05) is 0 Å². The van der Waals surface area contributed by atoms with Crippen LogP contribution in [0.4, 0.5) is 0 Å². The van der Waals surface area contributed by atoms with Crippen LogP contribution in [0.25, 0.3) is 0 Å². The fraction of sp³-hybridized carbons (Fsp3) is 0.417. The third kappa shape index (κ3) is 3.23. The summed E-state index contributed by atoms with van der Waals surface area (Å²) in [6, 6.07) is 17.8. The van der Waals surface area contributed by atoms with Crippen LogP contribution in [0.2, 0.25) is 0 Å². The second kappa shape index (κ2) is 7.30. The Balaban J connectivity index is 1.39. The SMILES string of the molecule is CC1CC2C(C1)C1OC2C(OC(=O)c2ccccc2)C1OC(=O)c1ccccc1. The van der Waals surface area contributed by atoms with E-state index in [9.17, 15) is 9.59 Å². The topological polar surface area (TPSA) is 61.8 Å². The molecule has 2 aromatic carbocycles. The summed E-state index contributed by atoms with van der Waals surface area (Å²) in [7, 11) is 0. The molecule has 2 aromatic rings. The van der Waals surface area contributed by atoms with Crippen LogP contribution < -0.4 is 0 Å². The zero-order valence-corrected chi connectivity index (χ0v) is 16.3. The van der Waals surface area contributed by atoms with Crippen LogP contribution >= 0.6 is 0 Å². The number of hydrogen-bond donors (Lipinski definition) is 0. The van der Waals surface area contributed by atoms with Gasteiger partial charge in [0.15, 0.2) is 12.2 Å². The molecule has 2 heterocycles. The molecule has 150 valence electrons. The molecule has 6 atom stereocenters. The highest BCUT2D eigenvalue weighted by Crippen LogP contribution is 2.55. The number of carbonyl (C=O) groups is 2. The molecule has 3 aliphatic rings. The maximum atomic E-state index is 12.7. The largest absolute Gasteiger partial charge is 0.452 e. The summed E-state index contributed by atoms with van der Waals surface area (Å²) in [6.07, 6.45) is 0.543. The molecule has 29 heavy (non-hydrogen) atoms. The first kappa shape index (κ1) is 18.4. The summed E-state index contributed by atoms with van der Waals surface area (Å²) in [6.45, 7) is 2.24. The lowest BCUT2D eigenvalue weighted by Gasteiger charge is -2.33. The second-order valence-electron chi connectivity index (χ2n) is 8.44. The molecule has 0 aromatic heterocycles. The third-order valence-corrected chi connectivity index (χ3v) is 6.53. The molecule has 3 fully saturated rings. The summed E-state index contributed by atoms with van der Waals surface area (Å²) >= 11 is 0. The molecular formula is C24H24O5. The maximum absolute atomic E-state index is 12.7. The minimum absolute atomic E-state index is 0.212. The van der Waals surface area contributed by atoms with E-state index >= 15 is 0 Å². The van der Waals surface area contributed by atoms with Crippen molar-refractivity contribution in [3.8, 4) is 0 Å². The van der Waals surface area contributed by atoms with Crippen molar-refractivity contribution in [3.63, 3.8) is 0 Å². The quantitative estimate of drug-likeness (QED) is 0.739. The van der Waals surface area contributed by atoms with Gasteiger partial charge in [0.2, 0.25) is 0 Å². The van der Waals surface area contributed by atoms with Crippen molar-refractivity contribution >= 4 is 11.9 Å². The van der Waals surface area contributed by atoms with Crippen LogP contribution in [0, 0.1) is 17.8 Å². The number of carbonyl (C=O) groups excluding carboxylic acids is 2. The van der Waals surface area contributed by atoms with Gasteiger partial charge in [-0.05, 0) is 54.9 Å². The molecule has 0 amide bonds. The zero-order valence-electron chi connectivity index (χ0n) is 16.3. The molecule has 5 nitrogen and oxygen atoms in total. The molecule has 0 spiro atoms. The fourth-order valence-corrected chi connectivity index (χ4v) is 5.33. The van der Waals surface area contributed by atoms with Gasteiger partial charge in [0.05, 0.1) is 11.1 Å². The molecule has 0 N–H and O–H groups in total. The normalized spacial score (nSPS) is 34.6. The van der Waals surface area contributed by atoms with Crippen LogP contribution in [0.5, 0.6) is 0 Å². The Hall–Kier alpha value is -2.66. The highest BCUT2D eigenvalue weighted by atomic mass is 16.6. The van der Waals surface area contributed by atoms with Crippen LogP contribution in [0.1, 0.15) is 40.5 Å². The van der Waals surface area contributed by atoms with Crippen LogP contribution in [-0.2, 0) is 14.2 Å². The smallest absolute Gasteiger partial charge is 0.338 e. The molecule has 1 aliphatic carbocycles. The number of benzene rings is 2. The van der Waals surface area contributed by atoms with E-state index in [0.717, 1.165) is 12.8 Å². The molecule has 1 saturated carbocycles. The van der Waals surface area contributed by atoms with E-state index in [1.165, 1.54) is 0 Å². The maximum Gasteiger partial charge on any atom is 0.338 e. The van der Waals surface area contributed by atoms with Gasteiger partial charge in [0.25, 0.3) is 0 Å². The van der Waals surface area contributed by atoms with Crippen molar-refractivity contribution in [2.45, 2.75) is 44.2 Å². The monoisotopic (exact) mass is 392 g/mol. The summed E-state index contributed by atoms with van der Waals surface area (Å²) in [4.78, 5) is 25.4. The lowest BCUT2D eigenvalue weighted by Crippen LogP contribution is -2.49. The zero-order chi connectivity index (χ0) is 20.0. The second-order valence-corrected chi connectivity index (χ2v) is 8.44. The molecule has 2 aliphatic heterocycles. The van der Waals surface area contributed by atoms with Gasteiger partial charge in [-0.15, -0.1) is 0 Å². The van der Waals surface area contributed by atoms with Crippen molar-refractivity contribution in [1.29, 1.82) is 0 Å². The highest BCUT2D eigenvalue weighted by molar-refractivity contribution is 5.90. The van der Waals surface area contributed by atoms with Crippen molar-refractivity contribution in [2.24, 2.45) is 17.8 Å². The van der Waals surface area contributed by atoms with Crippen molar-refractivity contribution < 1.29 is 23.8 Å². The van der Waals surface area contributed by atoms with E-state index in [4.69, 9.17) is 14.2 Å². The molecule has 2 saturated heterocycles. The Labute approximate surface area is 170 Å². The minimum Gasteiger partial charge on any atom is -0.452 e. The third-order valence-electron chi connectivity index (χ3n) is 6.53. The first-order valence-corrected chi connectivity index (χ1v) is 10.3. The number of fused-ring (bicyclic) bond motifs is 5. The Morgan fingerprint density at radius 3 is 1.59 bits per heavy atom. The molecule has 0 radical (unpaired) electrons. The summed E-state index contributed by atoms with van der Waals surface area (Å²) in [5.41, 5.74) is 0.972. The van der Waals surface area contributed by atoms with E-state index in [1.807, 2.05) is 12.1 Å². The van der Waals surface area contributed by atoms with Gasteiger partial charge in [-0.2, -0.15) is 0 Å². The van der Waals surface area contributed by atoms with Gasteiger partial charge in [-0.3, -0.25) is 0 Å². The van der Waals surface area contributed by atoms with E-state index < -0.39 is 24.1 Å². The van der Waals surface area contributed by atoms with Gasteiger partial charge < -0.3 is 14.2 Å². The molecule has 6 unspecified atom stereocenters. The Morgan fingerprint density at radius 2 is 1.17 bits per heavy atom. The van der Waals surface area contributed by atoms with E-state index in [0.29, 0.717) is 28.9 Å². The molecular weight excluding hydrogens is 368 g/mol. The van der Waals surface area contributed by atoms with Gasteiger partial charge in [-0.25, -0.2) is 9.59 Å². The number of rotatable bonds is 4. The van der Waals surface area contributed by atoms with E-state index in [-0.39, 0.29) is 12.2 Å². The number of hydrogen-bond acceptors (Lipinski definition) is 5. The van der Waals surface area contributed by atoms with Crippen molar-refractivity contribution in [1.82, 2.24) is 0 Å². The van der Waals surface area contributed by atoms with Crippen molar-refractivity contribution in [2.75, 3.05) is 0 Å². The first-order chi connectivity index (χ1) is 14.1. The average molecular weight is 392 g/mol. The number of esters is 2. The standard InChI is InChI=1S/C24H24O5/c1-14-12-17-18(13-14)20-22(29-24(26)16-10-6-3-7-11-16)21(19(17)27-20)28-23(25)15-8-4-2-5-9-15/h2-11,14,17-22H,12-13H2,1H3. The summed E-state index contributed by atoms with van der Waals surface area (Å²) < 4.78 is 18.0. The summed E-state index contributed by atoms with van der Waals surface area (Å²) in [5.74, 6) is 0.503. The van der Waals surface area contributed by atoms with Crippen LogP contribution in [0.3, 0.4) is 0 Å². The van der Waals surface area contributed by atoms with Gasteiger partial charge in [-0.1, -0.05) is 43.3 Å². The number of ether oxygens (including phenoxy) is 3. The van der Waals surface area contributed by atoms with Gasteiger partial charge >= 0.3 is 11.9 Å². The van der Waals surface area contributed by atoms with E-state index in [1.54, 1.807) is 48.5 Å². The molecule has 2 bridgehead atoms. The molecule has 5 rings (SSSR count). The van der Waals surface area contributed by atoms with Crippen LogP contribution in [0.15, 0.2) is 60.7 Å². The Kier molecular flexibility index (Phi) is 4.63. The molecule has 5 heteroatoms. The highest BCUT2D eigenvalue weighted by Gasteiger charge is 2.64. The van der Waals surface area contributed by atoms with E-state index in [2.05, 4.69) is 6.92 Å². The van der Waals surface area contributed by atoms with Crippen molar-refractivity contribution in [3.05, 3.63) is 71.8 Å². The lowest BCUT2D eigenvalue weighted by molar-refractivity contribution is -0.0540.